The van der Waals surface area contributed by atoms with Gasteiger partial charge in [0, 0.05) is 19.7 Å². The van der Waals surface area contributed by atoms with Gasteiger partial charge in [-0.2, -0.15) is 0 Å². The second-order valence-corrected chi connectivity index (χ2v) is 4.25. The van der Waals surface area contributed by atoms with Gasteiger partial charge in [-0.3, -0.25) is 9.59 Å². The summed E-state index contributed by atoms with van der Waals surface area (Å²) in [4.78, 5) is 25.3. The molecule has 14 heavy (non-hydrogen) atoms. The highest BCUT2D eigenvalue weighted by atomic mass is 32.2. The van der Waals surface area contributed by atoms with E-state index in [4.69, 9.17) is 0 Å². The molecule has 0 atom stereocenters. The number of nitrogens with zero attached hydrogens (tertiary/aromatic N) is 1. The Bertz CT molecular complexity index is 426. The number of thioether (sulfide) groups is 1. The fourth-order valence-corrected chi connectivity index (χ4v) is 2.43. The largest absolute Gasteiger partial charge is 0.377 e. The minimum Gasteiger partial charge on any atom is -0.377 e. The van der Waals surface area contributed by atoms with Crippen molar-refractivity contribution in [2.24, 2.45) is 0 Å². The molecule has 0 saturated heterocycles. The molecule has 72 valence electrons. The number of carbonyl (C=O) groups excluding carboxylic acids is 2. The van der Waals surface area contributed by atoms with Crippen molar-refractivity contribution in [3.8, 4) is 0 Å². The van der Waals surface area contributed by atoms with E-state index in [1.54, 1.807) is 12.1 Å². The first-order chi connectivity index (χ1) is 6.61. The Morgan fingerprint density at radius 3 is 2.57 bits per heavy atom. The van der Waals surface area contributed by atoms with Crippen LogP contribution >= 0.6 is 11.8 Å². The fraction of sp³-hybridized carbons (Fsp3) is 0.200. The third-order valence-electron chi connectivity index (χ3n) is 2.10. The third-order valence-corrected chi connectivity index (χ3v) is 3.10. The first-order valence-electron chi connectivity index (χ1n) is 4.18. The summed E-state index contributed by atoms with van der Waals surface area (Å²) in [5.74, 6) is -0.381. The predicted octanol–water partition coefficient (Wildman–Crippen LogP) is 1.57. The van der Waals surface area contributed by atoms with Crippen LogP contribution in [-0.4, -0.2) is 25.0 Å². The van der Waals surface area contributed by atoms with Crippen molar-refractivity contribution >= 4 is 28.3 Å². The van der Waals surface area contributed by atoms with Gasteiger partial charge >= 0.3 is 0 Å². The highest BCUT2D eigenvalue weighted by Crippen LogP contribution is 2.39. The minimum absolute atomic E-state index is 0.380. The maximum absolute atomic E-state index is 11.4. The molecule has 0 saturated carbocycles. The first-order valence-corrected chi connectivity index (χ1v) is 5.00. The van der Waals surface area contributed by atoms with E-state index in [2.05, 4.69) is 0 Å². The van der Waals surface area contributed by atoms with Crippen LogP contribution in [-0.2, 0) is 4.79 Å². The van der Waals surface area contributed by atoms with Crippen LogP contribution < -0.4 is 4.90 Å². The summed E-state index contributed by atoms with van der Waals surface area (Å²) >= 11 is 1.02. The van der Waals surface area contributed by atoms with Crippen LogP contribution in [0.3, 0.4) is 0 Å². The Labute approximate surface area is 86.1 Å². The summed E-state index contributed by atoms with van der Waals surface area (Å²) in [6, 6.07) is 5.39. The molecule has 3 nitrogen and oxygen atoms in total. The van der Waals surface area contributed by atoms with Gasteiger partial charge in [0.25, 0.3) is 5.12 Å². The number of rotatable bonds is 1. The Hall–Kier alpha value is -1.29. The number of Topliss-reactive ketones (excluding diaryl/α,β-unsaturated/α-hetero) is 1. The molecular weight excluding hydrogens is 198 g/mol. The smallest absolute Gasteiger partial charge is 0.264 e. The van der Waals surface area contributed by atoms with Gasteiger partial charge in [-0.1, -0.05) is 6.07 Å². The molecule has 0 amide bonds. The van der Waals surface area contributed by atoms with Gasteiger partial charge in [-0.15, -0.1) is 0 Å². The molecule has 1 aliphatic rings. The third kappa shape index (κ3) is 1.23. The summed E-state index contributed by atoms with van der Waals surface area (Å²) in [5, 5.41) is -0.380. The summed E-state index contributed by atoms with van der Waals surface area (Å²) in [5.41, 5.74) is 1.46. The molecule has 0 N–H and O–H groups in total. The van der Waals surface area contributed by atoms with E-state index < -0.39 is 0 Å². The van der Waals surface area contributed by atoms with E-state index >= 15 is 0 Å². The zero-order chi connectivity index (χ0) is 10.3. The number of hydrogen-bond acceptors (Lipinski definition) is 4. The summed E-state index contributed by atoms with van der Waals surface area (Å²) in [6.07, 6.45) is 0. The summed E-state index contributed by atoms with van der Waals surface area (Å²) in [6.45, 7) is 0. The first kappa shape index (κ1) is 9.27. The Morgan fingerprint density at radius 1 is 1.21 bits per heavy atom. The summed E-state index contributed by atoms with van der Waals surface area (Å²) < 4.78 is 0. The van der Waals surface area contributed by atoms with Crippen LogP contribution in [0, 0.1) is 0 Å². The van der Waals surface area contributed by atoms with E-state index in [1.165, 1.54) is 0 Å². The number of carbonyl (C=O) groups is 2. The van der Waals surface area contributed by atoms with Crippen LogP contribution in [0.2, 0.25) is 0 Å². The van der Waals surface area contributed by atoms with E-state index in [-0.39, 0.29) is 10.9 Å². The maximum atomic E-state index is 11.4. The van der Waals surface area contributed by atoms with Gasteiger partial charge in [0.05, 0.1) is 10.6 Å². The summed E-state index contributed by atoms with van der Waals surface area (Å²) in [7, 11) is 3.78. The zero-order valence-corrected chi connectivity index (χ0v) is 8.72. The van der Waals surface area contributed by atoms with Gasteiger partial charge in [0.1, 0.15) is 0 Å². The van der Waals surface area contributed by atoms with Crippen molar-refractivity contribution in [3.63, 3.8) is 0 Å². The van der Waals surface area contributed by atoms with Crippen LogP contribution in [0.4, 0.5) is 5.69 Å². The quantitative estimate of drug-likeness (QED) is 0.655. The standard InChI is InChI=1S/C10H9NO2S/c1-11(2)7-5-3-4-6-8(12)10(13)14-9(6)7/h3-5H,1-2H3. The van der Waals surface area contributed by atoms with E-state index in [0.717, 1.165) is 22.3 Å². The average molecular weight is 207 g/mol. The monoisotopic (exact) mass is 207 g/mol. The molecule has 0 radical (unpaired) electrons. The molecule has 0 spiro atoms. The van der Waals surface area contributed by atoms with Gasteiger partial charge in [-0.05, 0) is 23.9 Å². The number of ketones is 1. The van der Waals surface area contributed by atoms with Gasteiger partial charge in [-0.25, -0.2) is 0 Å². The number of hydrogen-bond donors (Lipinski definition) is 0. The minimum atomic E-state index is -0.381. The normalized spacial score (nSPS) is 14.4. The van der Waals surface area contributed by atoms with Crippen LogP contribution in [0.15, 0.2) is 23.1 Å². The van der Waals surface area contributed by atoms with Crippen molar-refractivity contribution in [2.75, 3.05) is 19.0 Å². The van der Waals surface area contributed by atoms with Crippen molar-refractivity contribution in [3.05, 3.63) is 23.8 Å². The molecule has 1 heterocycles. The van der Waals surface area contributed by atoms with E-state index in [9.17, 15) is 9.59 Å². The number of fused-ring (bicyclic) bond motifs is 1. The van der Waals surface area contributed by atoms with Crippen molar-refractivity contribution < 1.29 is 9.59 Å². The van der Waals surface area contributed by atoms with Gasteiger partial charge < -0.3 is 4.90 Å². The Morgan fingerprint density at radius 2 is 1.93 bits per heavy atom. The zero-order valence-electron chi connectivity index (χ0n) is 7.90. The van der Waals surface area contributed by atoms with Crippen molar-refractivity contribution in [1.82, 2.24) is 0 Å². The lowest BCUT2D eigenvalue weighted by atomic mass is 10.1. The number of anilines is 1. The van der Waals surface area contributed by atoms with Gasteiger partial charge in [0.2, 0.25) is 5.78 Å². The number of benzene rings is 1. The SMILES string of the molecule is CN(C)c1cccc2c1SC(=O)C2=O. The molecule has 0 aromatic heterocycles. The second kappa shape index (κ2) is 3.13. The molecule has 1 aliphatic heterocycles. The van der Waals surface area contributed by atoms with Crippen molar-refractivity contribution in [1.29, 1.82) is 0 Å². The maximum Gasteiger partial charge on any atom is 0.264 e. The molecular formula is C10H9NO2S. The average Bonchev–Trinajstić information content (AvgIpc) is 2.43. The molecule has 0 fully saturated rings. The molecule has 1 aromatic rings. The molecule has 0 unspecified atom stereocenters. The van der Waals surface area contributed by atoms with Crippen molar-refractivity contribution in [2.45, 2.75) is 4.90 Å². The van der Waals surface area contributed by atoms with E-state index in [0.29, 0.717) is 5.56 Å². The van der Waals surface area contributed by atoms with Crippen LogP contribution in [0.25, 0.3) is 0 Å². The topological polar surface area (TPSA) is 37.4 Å². The molecule has 0 bridgehead atoms. The molecule has 0 aliphatic carbocycles. The highest BCUT2D eigenvalue weighted by Gasteiger charge is 2.31. The van der Waals surface area contributed by atoms with Crippen LogP contribution in [0.5, 0.6) is 0 Å². The Kier molecular flexibility index (Phi) is 2.07. The highest BCUT2D eigenvalue weighted by molar-refractivity contribution is 8.16. The fourth-order valence-electron chi connectivity index (χ4n) is 1.41. The molecule has 4 heteroatoms. The predicted molar refractivity (Wildman–Crippen MR) is 56.0 cm³/mol. The van der Waals surface area contributed by atoms with Gasteiger partial charge in [0.15, 0.2) is 0 Å². The lowest BCUT2D eigenvalue weighted by molar-refractivity contribution is -0.107. The van der Waals surface area contributed by atoms with E-state index in [1.807, 2.05) is 25.1 Å². The second-order valence-electron chi connectivity index (χ2n) is 3.27. The lowest BCUT2D eigenvalue weighted by Crippen LogP contribution is -2.10. The molecule has 1 aromatic carbocycles. The van der Waals surface area contributed by atoms with Crippen LogP contribution in [0.1, 0.15) is 10.4 Å². The Balaban J connectivity index is 2.61. The molecule has 2 rings (SSSR count). The lowest BCUT2D eigenvalue weighted by Gasteiger charge is -2.14.